The number of thioether (sulfide) groups is 1. The van der Waals surface area contributed by atoms with Crippen LogP contribution in [0.5, 0.6) is 0 Å². The number of primary amides is 1. The van der Waals surface area contributed by atoms with E-state index >= 15 is 0 Å². The second-order valence-electron chi connectivity index (χ2n) is 6.75. The molecule has 0 aromatic heterocycles. The molecule has 172 valence electrons. The van der Waals surface area contributed by atoms with E-state index in [1.165, 1.54) is 25.6 Å². The number of aliphatic hydroxyl groups is 1. The van der Waals surface area contributed by atoms with Crippen LogP contribution in [0, 0.1) is 0 Å². The maximum absolute atomic E-state index is 12.4. The second-order valence-corrected chi connectivity index (χ2v) is 7.74. The minimum atomic E-state index is -1.61. The molecule has 0 spiro atoms. The number of carboxylic acid groups (broad SMARTS) is 1. The third kappa shape index (κ3) is 10.4. The number of hydrogen-bond acceptors (Lipinski definition) is 8. The van der Waals surface area contributed by atoms with Crippen molar-refractivity contribution in [1.82, 2.24) is 16.0 Å². The summed E-state index contributed by atoms with van der Waals surface area (Å²) in [6, 6.07) is -4.77. The fourth-order valence-electron chi connectivity index (χ4n) is 2.26. The zero-order chi connectivity index (χ0) is 23.4. The number of carbonyl (C=O) groups is 5. The standard InChI is InChI=1S/C17H31N5O7S/c1-8(20-15(26)10(18)6-7-30-3)14(25)21-11(4-5-12(19)24)16(27)22-13(9(2)23)17(28)29/h8-11,13,23H,4-7,18H2,1-3H3,(H2,19,24)(H,20,26)(H,21,25)(H,22,27)(H,28,29). The molecule has 0 aromatic rings. The van der Waals surface area contributed by atoms with Crippen LogP contribution in [-0.2, 0) is 24.0 Å². The van der Waals surface area contributed by atoms with E-state index in [1.54, 1.807) is 0 Å². The second kappa shape index (κ2) is 13.8. The van der Waals surface area contributed by atoms with Crippen molar-refractivity contribution in [2.75, 3.05) is 12.0 Å². The van der Waals surface area contributed by atoms with Gasteiger partial charge < -0.3 is 37.6 Å². The summed E-state index contributed by atoms with van der Waals surface area (Å²) >= 11 is 1.52. The predicted molar refractivity (Wildman–Crippen MR) is 110 cm³/mol. The van der Waals surface area contributed by atoms with Gasteiger partial charge in [0.05, 0.1) is 12.1 Å². The van der Waals surface area contributed by atoms with Gasteiger partial charge in [0.1, 0.15) is 12.1 Å². The molecule has 0 aliphatic carbocycles. The molecule has 0 heterocycles. The van der Waals surface area contributed by atoms with E-state index in [1.807, 2.05) is 6.26 Å². The number of aliphatic carboxylic acids is 1. The molecule has 0 rings (SSSR count). The van der Waals surface area contributed by atoms with Crippen LogP contribution >= 0.6 is 11.8 Å². The summed E-state index contributed by atoms with van der Waals surface area (Å²) in [5.74, 6) is -3.74. The average Bonchev–Trinajstić information content (AvgIpc) is 2.65. The van der Waals surface area contributed by atoms with Crippen molar-refractivity contribution in [2.45, 2.75) is 63.4 Å². The number of carbonyl (C=O) groups excluding carboxylic acids is 4. The van der Waals surface area contributed by atoms with Crippen molar-refractivity contribution in [3.8, 4) is 0 Å². The molecule has 5 atom stereocenters. The number of amides is 4. The van der Waals surface area contributed by atoms with Gasteiger partial charge in [0, 0.05) is 6.42 Å². The van der Waals surface area contributed by atoms with Crippen molar-refractivity contribution >= 4 is 41.4 Å². The molecule has 30 heavy (non-hydrogen) atoms. The van der Waals surface area contributed by atoms with Crippen LogP contribution in [0.1, 0.15) is 33.1 Å². The average molecular weight is 450 g/mol. The topological polar surface area (TPSA) is 214 Å². The SMILES string of the molecule is CSCCC(N)C(=O)NC(C)C(=O)NC(CCC(N)=O)C(=O)NC(C(=O)O)C(C)O. The maximum atomic E-state index is 12.4. The molecule has 0 saturated heterocycles. The number of nitrogens with two attached hydrogens (primary N) is 2. The van der Waals surface area contributed by atoms with Gasteiger partial charge in [-0.25, -0.2) is 4.79 Å². The van der Waals surface area contributed by atoms with E-state index in [9.17, 15) is 29.1 Å². The number of aliphatic hydroxyl groups excluding tert-OH is 1. The summed E-state index contributed by atoms with van der Waals surface area (Å²) in [5.41, 5.74) is 10.8. The van der Waals surface area contributed by atoms with Gasteiger partial charge in [-0.1, -0.05) is 0 Å². The van der Waals surface area contributed by atoms with Gasteiger partial charge in [0.25, 0.3) is 0 Å². The van der Waals surface area contributed by atoms with Crippen molar-refractivity contribution in [3.63, 3.8) is 0 Å². The maximum Gasteiger partial charge on any atom is 0.328 e. The van der Waals surface area contributed by atoms with Crippen molar-refractivity contribution in [1.29, 1.82) is 0 Å². The Labute approximate surface area is 178 Å². The fourth-order valence-corrected chi connectivity index (χ4v) is 2.75. The van der Waals surface area contributed by atoms with E-state index in [2.05, 4.69) is 16.0 Å². The first-order valence-electron chi connectivity index (χ1n) is 9.25. The van der Waals surface area contributed by atoms with Crippen LogP contribution < -0.4 is 27.4 Å². The lowest BCUT2D eigenvalue weighted by Crippen LogP contribution is -2.57. The monoisotopic (exact) mass is 449 g/mol. The third-order valence-corrected chi connectivity index (χ3v) is 4.72. The summed E-state index contributed by atoms with van der Waals surface area (Å²) in [5, 5.41) is 25.5. The molecule has 12 nitrogen and oxygen atoms in total. The summed E-state index contributed by atoms with van der Waals surface area (Å²) in [6.07, 6.45) is 0.420. The lowest BCUT2D eigenvalue weighted by atomic mass is 10.1. The zero-order valence-electron chi connectivity index (χ0n) is 17.2. The molecule has 5 unspecified atom stereocenters. The molecule has 13 heteroatoms. The van der Waals surface area contributed by atoms with Gasteiger partial charge in [0.15, 0.2) is 6.04 Å². The normalized spacial score (nSPS) is 15.8. The van der Waals surface area contributed by atoms with Crippen LogP contribution in [-0.4, -0.2) is 82.1 Å². The fraction of sp³-hybridized carbons (Fsp3) is 0.706. The summed E-state index contributed by atoms with van der Waals surface area (Å²) in [6.45, 7) is 2.56. The van der Waals surface area contributed by atoms with Crippen LogP contribution in [0.2, 0.25) is 0 Å². The molecule has 0 fully saturated rings. The van der Waals surface area contributed by atoms with Crippen molar-refractivity contribution in [3.05, 3.63) is 0 Å². The van der Waals surface area contributed by atoms with E-state index in [0.717, 1.165) is 0 Å². The minimum Gasteiger partial charge on any atom is -0.480 e. The van der Waals surface area contributed by atoms with Crippen LogP contribution in [0.3, 0.4) is 0 Å². The highest BCUT2D eigenvalue weighted by atomic mass is 32.2. The molecule has 0 saturated carbocycles. The van der Waals surface area contributed by atoms with Gasteiger partial charge in [-0.2, -0.15) is 11.8 Å². The Bertz CT molecular complexity index is 632. The Kier molecular flexibility index (Phi) is 12.7. The molecular formula is C17H31N5O7S. The van der Waals surface area contributed by atoms with E-state index in [-0.39, 0.29) is 12.8 Å². The Balaban J connectivity index is 5.10. The van der Waals surface area contributed by atoms with E-state index < -0.39 is 59.9 Å². The minimum absolute atomic E-state index is 0.201. The number of rotatable bonds is 14. The highest BCUT2D eigenvalue weighted by molar-refractivity contribution is 7.98. The first kappa shape index (κ1) is 27.6. The lowest BCUT2D eigenvalue weighted by molar-refractivity contribution is -0.145. The molecule has 9 N–H and O–H groups in total. The number of nitrogens with one attached hydrogen (secondary N) is 3. The summed E-state index contributed by atoms with van der Waals surface area (Å²) in [7, 11) is 0. The summed E-state index contributed by atoms with van der Waals surface area (Å²) in [4.78, 5) is 59.1. The van der Waals surface area contributed by atoms with Gasteiger partial charge in [-0.15, -0.1) is 0 Å². The Hall–Kier alpha value is -2.38. The third-order valence-electron chi connectivity index (χ3n) is 4.08. The zero-order valence-corrected chi connectivity index (χ0v) is 18.0. The van der Waals surface area contributed by atoms with E-state index in [0.29, 0.717) is 12.2 Å². The Morgan fingerprint density at radius 2 is 1.57 bits per heavy atom. The van der Waals surface area contributed by atoms with Gasteiger partial charge in [-0.3, -0.25) is 19.2 Å². The molecule has 0 radical (unpaired) electrons. The highest BCUT2D eigenvalue weighted by Gasteiger charge is 2.30. The van der Waals surface area contributed by atoms with Crippen LogP contribution in [0.15, 0.2) is 0 Å². The van der Waals surface area contributed by atoms with E-state index in [4.69, 9.17) is 16.6 Å². The highest BCUT2D eigenvalue weighted by Crippen LogP contribution is 2.03. The molecule has 0 aliphatic rings. The van der Waals surface area contributed by atoms with Gasteiger partial charge >= 0.3 is 5.97 Å². The Morgan fingerprint density at radius 1 is 0.967 bits per heavy atom. The molecule has 0 bridgehead atoms. The molecule has 0 aromatic carbocycles. The lowest BCUT2D eigenvalue weighted by Gasteiger charge is -2.24. The number of hydrogen-bond donors (Lipinski definition) is 7. The molecule has 4 amide bonds. The number of carboxylic acids is 1. The van der Waals surface area contributed by atoms with Gasteiger partial charge in [-0.05, 0) is 38.7 Å². The molecule has 0 aliphatic heterocycles. The smallest absolute Gasteiger partial charge is 0.328 e. The first-order chi connectivity index (χ1) is 13.9. The quantitative estimate of drug-likeness (QED) is 0.146. The van der Waals surface area contributed by atoms with Crippen LogP contribution in [0.25, 0.3) is 0 Å². The molecular weight excluding hydrogens is 418 g/mol. The van der Waals surface area contributed by atoms with Crippen LogP contribution in [0.4, 0.5) is 0 Å². The first-order valence-corrected chi connectivity index (χ1v) is 10.6. The van der Waals surface area contributed by atoms with Gasteiger partial charge in [0.2, 0.25) is 23.6 Å². The Morgan fingerprint density at radius 3 is 2.03 bits per heavy atom. The summed E-state index contributed by atoms with van der Waals surface area (Å²) < 4.78 is 0. The predicted octanol–water partition coefficient (Wildman–Crippen LogP) is -2.73. The van der Waals surface area contributed by atoms with Crippen molar-refractivity contribution in [2.24, 2.45) is 11.5 Å². The largest absolute Gasteiger partial charge is 0.480 e. The van der Waals surface area contributed by atoms with Crippen molar-refractivity contribution < 1.29 is 34.2 Å².